The smallest absolute Gasteiger partial charge is 0.379 e. The summed E-state index contributed by atoms with van der Waals surface area (Å²) in [7, 11) is -4.56. The molecule has 3 aromatic rings. The van der Waals surface area contributed by atoms with Crippen LogP contribution in [0.3, 0.4) is 0 Å². The first-order valence-corrected chi connectivity index (χ1v) is 12.6. The maximum absolute atomic E-state index is 13.0. The summed E-state index contributed by atoms with van der Waals surface area (Å²) in [6, 6.07) is 12.6. The standard InChI is InChI=1S/C26H23F6NO4S/c1-17(2)15-33(24(34)19-8-10-20(11-9-19)25(27,28)29)16-18-6-12-22(13-7-18)37-38(35,36)23-5-3-4-21(14-23)26(30,31)32/h3-14,17H,15-16H2,1-2H3. The van der Waals surface area contributed by atoms with E-state index in [0.29, 0.717) is 18.2 Å². The number of carbonyl (C=O) groups excluding carboxylic acids is 1. The Morgan fingerprint density at radius 1 is 0.842 bits per heavy atom. The summed E-state index contributed by atoms with van der Waals surface area (Å²) in [5.74, 6) is -0.607. The summed E-state index contributed by atoms with van der Waals surface area (Å²) < 4.78 is 107. The molecule has 0 unspecified atom stereocenters. The molecule has 0 aromatic heterocycles. The molecule has 1 amide bonds. The number of amides is 1. The molecular weight excluding hydrogens is 536 g/mol. The molecule has 3 rings (SSSR count). The van der Waals surface area contributed by atoms with Crippen molar-refractivity contribution in [2.45, 2.75) is 37.6 Å². The molecule has 0 aliphatic rings. The lowest BCUT2D eigenvalue weighted by Crippen LogP contribution is -2.33. The summed E-state index contributed by atoms with van der Waals surface area (Å²) in [5, 5.41) is 0. The molecule has 12 heteroatoms. The van der Waals surface area contributed by atoms with Gasteiger partial charge in [-0.3, -0.25) is 4.79 Å². The second kappa shape index (κ2) is 11.1. The van der Waals surface area contributed by atoms with Crippen molar-refractivity contribution in [1.82, 2.24) is 4.90 Å². The van der Waals surface area contributed by atoms with Gasteiger partial charge in [0.05, 0.1) is 11.1 Å². The van der Waals surface area contributed by atoms with Crippen molar-refractivity contribution in [3.05, 3.63) is 95.1 Å². The summed E-state index contributed by atoms with van der Waals surface area (Å²) >= 11 is 0. The lowest BCUT2D eigenvalue weighted by atomic mass is 10.1. The average Bonchev–Trinajstić information content (AvgIpc) is 2.83. The van der Waals surface area contributed by atoms with E-state index >= 15 is 0 Å². The molecule has 3 aromatic carbocycles. The molecule has 0 fully saturated rings. The van der Waals surface area contributed by atoms with Crippen LogP contribution in [0.1, 0.15) is 40.9 Å². The molecule has 5 nitrogen and oxygen atoms in total. The van der Waals surface area contributed by atoms with E-state index in [1.165, 1.54) is 29.2 Å². The van der Waals surface area contributed by atoms with Crippen LogP contribution in [0, 0.1) is 5.92 Å². The summed E-state index contributed by atoms with van der Waals surface area (Å²) in [6.07, 6.45) is -9.26. The van der Waals surface area contributed by atoms with Gasteiger partial charge in [0.15, 0.2) is 0 Å². The predicted molar refractivity (Wildman–Crippen MR) is 127 cm³/mol. The fraction of sp³-hybridized carbons (Fsp3) is 0.269. The number of rotatable bonds is 8. The molecule has 0 saturated heterocycles. The second-order valence-electron chi connectivity index (χ2n) is 8.86. The third-order valence-electron chi connectivity index (χ3n) is 5.28. The van der Waals surface area contributed by atoms with Gasteiger partial charge in [0.25, 0.3) is 5.91 Å². The van der Waals surface area contributed by atoms with E-state index in [1.54, 1.807) is 0 Å². The minimum atomic E-state index is -4.73. The third-order valence-corrected chi connectivity index (χ3v) is 6.53. The zero-order valence-electron chi connectivity index (χ0n) is 20.2. The van der Waals surface area contributed by atoms with Gasteiger partial charge in [-0.05, 0) is 66.1 Å². The van der Waals surface area contributed by atoms with Crippen LogP contribution in [-0.4, -0.2) is 25.8 Å². The maximum Gasteiger partial charge on any atom is 0.416 e. The molecule has 204 valence electrons. The zero-order chi connectivity index (χ0) is 28.3. The SMILES string of the molecule is CC(C)CN(Cc1ccc(OS(=O)(=O)c2cccc(C(F)(F)F)c2)cc1)C(=O)c1ccc(C(F)(F)F)cc1. The minimum Gasteiger partial charge on any atom is -0.379 e. The van der Waals surface area contributed by atoms with Crippen molar-refractivity contribution in [1.29, 1.82) is 0 Å². The number of alkyl halides is 6. The first-order chi connectivity index (χ1) is 17.6. The average molecular weight is 560 g/mol. The van der Waals surface area contributed by atoms with Crippen LogP contribution in [0.2, 0.25) is 0 Å². The molecular formula is C26H23F6NO4S. The largest absolute Gasteiger partial charge is 0.416 e. The Labute approximate surface area is 215 Å². The van der Waals surface area contributed by atoms with Gasteiger partial charge in [-0.2, -0.15) is 34.8 Å². The van der Waals surface area contributed by atoms with E-state index in [9.17, 15) is 39.6 Å². The molecule has 0 atom stereocenters. The molecule has 0 N–H and O–H groups in total. The Balaban J connectivity index is 1.76. The number of benzene rings is 3. The van der Waals surface area contributed by atoms with Crippen LogP contribution in [0.25, 0.3) is 0 Å². The molecule has 0 bridgehead atoms. The highest BCUT2D eigenvalue weighted by Crippen LogP contribution is 2.32. The fourth-order valence-corrected chi connectivity index (χ4v) is 4.50. The van der Waals surface area contributed by atoms with Gasteiger partial charge in [0.2, 0.25) is 0 Å². The predicted octanol–water partition coefficient (Wildman–Crippen LogP) is 6.79. The molecule has 38 heavy (non-hydrogen) atoms. The van der Waals surface area contributed by atoms with E-state index < -0.39 is 44.4 Å². The van der Waals surface area contributed by atoms with E-state index in [0.717, 1.165) is 42.5 Å². The van der Waals surface area contributed by atoms with Crippen molar-refractivity contribution >= 4 is 16.0 Å². The Bertz CT molecular complexity index is 1370. The lowest BCUT2D eigenvalue weighted by Gasteiger charge is -2.25. The quantitative estimate of drug-likeness (QED) is 0.225. The van der Waals surface area contributed by atoms with Crippen molar-refractivity contribution in [3.8, 4) is 5.75 Å². The van der Waals surface area contributed by atoms with Crippen molar-refractivity contribution in [2.75, 3.05) is 6.54 Å². The molecule has 0 heterocycles. The number of nitrogens with zero attached hydrogens (tertiary/aromatic N) is 1. The van der Waals surface area contributed by atoms with Crippen LogP contribution in [0.15, 0.2) is 77.7 Å². The lowest BCUT2D eigenvalue weighted by molar-refractivity contribution is -0.138. The van der Waals surface area contributed by atoms with E-state index in [2.05, 4.69) is 0 Å². The minimum absolute atomic E-state index is 0.0357. The topological polar surface area (TPSA) is 63.7 Å². The first-order valence-electron chi connectivity index (χ1n) is 11.2. The van der Waals surface area contributed by atoms with Crippen LogP contribution in [0.4, 0.5) is 26.3 Å². The van der Waals surface area contributed by atoms with Crippen LogP contribution < -0.4 is 4.18 Å². The summed E-state index contributed by atoms with van der Waals surface area (Å²) in [6.45, 7) is 4.09. The highest BCUT2D eigenvalue weighted by atomic mass is 32.2. The highest BCUT2D eigenvalue weighted by molar-refractivity contribution is 7.87. The maximum atomic E-state index is 13.0. The summed E-state index contributed by atoms with van der Waals surface area (Å²) in [5.41, 5.74) is -1.37. The third kappa shape index (κ3) is 7.50. The van der Waals surface area contributed by atoms with Gasteiger partial charge in [0.1, 0.15) is 10.6 Å². The van der Waals surface area contributed by atoms with Gasteiger partial charge in [-0.25, -0.2) is 0 Å². The van der Waals surface area contributed by atoms with Crippen LogP contribution in [-0.2, 0) is 29.0 Å². The van der Waals surface area contributed by atoms with Crippen molar-refractivity contribution < 1.29 is 43.7 Å². The van der Waals surface area contributed by atoms with Crippen LogP contribution in [0.5, 0.6) is 5.75 Å². The first kappa shape index (κ1) is 29.0. The van der Waals surface area contributed by atoms with Gasteiger partial charge >= 0.3 is 22.5 Å². The molecule has 0 saturated carbocycles. The number of hydrogen-bond donors (Lipinski definition) is 0. The number of halogens is 6. The monoisotopic (exact) mass is 559 g/mol. The van der Waals surface area contributed by atoms with Gasteiger partial charge in [0, 0.05) is 18.7 Å². The second-order valence-corrected chi connectivity index (χ2v) is 10.4. The molecule has 0 aliphatic heterocycles. The molecule has 0 aliphatic carbocycles. The van der Waals surface area contributed by atoms with Crippen molar-refractivity contribution in [3.63, 3.8) is 0 Å². The number of carbonyl (C=O) groups is 1. The Morgan fingerprint density at radius 2 is 1.42 bits per heavy atom. The Morgan fingerprint density at radius 3 is 1.95 bits per heavy atom. The molecule has 0 radical (unpaired) electrons. The van der Waals surface area contributed by atoms with E-state index in [1.807, 2.05) is 13.8 Å². The highest BCUT2D eigenvalue weighted by Gasteiger charge is 2.32. The van der Waals surface area contributed by atoms with Crippen LogP contribution >= 0.6 is 0 Å². The van der Waals surface area contributed by atoms with Gasteiger partial charge in [-0.1, -0.05) is 32.0 Å². The van der Waals surface area contributed by atoms with Gasteiger partial charge < -0.3 is 9.08 Å². The van der Waals surface area contributed by atoms with E-state index in [-0.39, 0.29) is 23.8 Å². The van der Waals surface area contributed by atoms with Gasteiger partial charge in [-0.15, -0.1) is 0 Å². The fourth-order valence-electron chi connectivity index (χ4n) is 3.52. The number of hydrogen-bond acceptors (Lipinski definition) is 4. The Hall–Kier alpha value is -3.54. The summed E-state index contributed by atoms with van der Waals surface area (Å²) in [4.78, 5) is 13.8. The normalized spacial score (nSPS) is 12.4. The Kier molecular flexibility index (Phi) is 8.45. The van der Waals surface area contributed by atoms with E-state index in [4.69, 9.17) is 4.18 Å². The molecule has 0 spiro atoms. The zero-order valence-corrected chi connectivity index (χ0v) is 21.0. The van der Waals surface area contributed by atoms with Crippen molar-refractivity contribution in [2.24, 2.45) is 5.92 Å².